The molecule has 0 aliphatic heterocycles. The van der Waals surface area contributed by atoms with Crippen molar-refractivity contribution in [1.82, 2.24) is 4.90 Å². The maximum Gasteiger partial charge on any atom is 0.323 e. The Morgan fingerprint density at radius 3 is 2.06 bits per heavy atom. The van der Waals surface area contributed by atoms with Crippen molar-refractivity contribution in [2.24, 2.45) is 5.73 Å². The van der Waals surface area contributed by atoms with Crippen LogP contribution in [0.3, 0.4) is 0 Å². The minimum Gasteiger partial charge on any atom is -0.480 e. The Balaban J connectivity index is 2.88. The van der Waals surface area contributed by atoms with Gasteiger partial charge in [0.25, 0.3) is 5.91 Å². The summed E-state index contributed by atoms with van der Waals surface area (Å²) in [5.41, 5.74) is 5.70. The zero-order valence-corrected chi connectivity index (χ0v) is 9.92. The molecule has 0 radical (unpaired) electrons. The highest BCUT2D eigenvalue weighted by Gasteiger charge is 2.16. The van der Waals surface area contributed by atoms with E-state index in [1.165, 1.54) is 29.2 Å². The Hall–Kier alpha value is -2.37. The number of carbonyl (C=O) groups excluding carboxylic acids is 2. The van der Waals surface area contributed by atoms with E-state index in [9.17, 15) is 14.4 Å². The summed E-state index contributed by atoms with van der Waals surface area (Å²) < 4.78 is 0. The highest BCUT2D eigenvalue weighted by Crippen LogP contribution is 2.07. The number of nitrogens with two attached hydrogens (primary N) is 1. The summed E-state index contributed by atoms with van der Waals surface area (Å²) in [6, 6.07) is 5.77. The number of aliphatic carboxylic acids is 1. The van der Waals surface area contributed by atoms with Gasteiger partial charge in [-0.3, -0.25) is 14.4 Å². The molecule has 0 heterocycles. The Bertz CT molecular complexity index is 467. The second kappa shape index (κ2) is 5.81. The number of likely N-dealkylation sites (N-methyl/N-ethyl adjacent to an activating group) is 1. The Morgan fingerprint density at radius 1 is 1.17 bits per heavy atom. The van der Waals surface area contributed by atoms with Crippen molar-refractivity contribution in [3.05, 3.63) is 35.4 Å². The van der Waals surface area contributed by atoms with Crippen LogP contribution in [-0.2, 0) is 4.79 Å². The Labute approximate surface area is 104 Å². The number of carboxylic acid groups (broad SMARTS) is 1. The zero-order chi connectivity index (χ0) is 13.7. The monoisotopic (exact) mass is 250 g/mol. The fourth-order valence-corrected chi connectivity index (χ4v) is 1.45. The molecule has 0 spiro atoms. The predicted molar refractivity (Wildman–Crippen MR) is 64.2 cm³/mol. The molecule has 18 heavy (non-hydrogen) atoms. The molecular formula is C12H14N2O4. The molecule has 0 fully saturated rings. The van der Waals surface area contributed by atoms with Crippen LogP contribution in [0.4, 0.5) is 0 Å². The van der Waals surface area contributed by atoms with Gasteiger partial charge in [-0.2, -0.15) is 0 Å². The third kappa shape index (κ3) is 3.31. The van der Waals surface area contributed by atoms with Gasteiger partial charge in [-0.05, 0) is 31.2 Å². The molecule has 3 N–H and O–H groups in total. The second-order valence-electron chi connectivity index (χ2n) is 3.65. The second-order valence-corrected chi connectivity index (χ2v) is 3.65. The first-order valence-corrected chi connectivity index (χ1v) is 5.36. The molecule has 0 bridgehead atoms. The molecule has 0 atom stereocenters. The molecule has 1 aromatic rings. The van der Waals surface area contributed by atoms with Crippen LogP contribution in [0.25, 0.3) is 0 Å². The Kier molecular flexibility index (Phi) is 4.42. The molecule has 0 unspecified atom stereocenters. The molecule has 1 aromatic carbocycles. The minimum atomic E-state index is -1.07. The number of hydrogen-bond acceptors (Lipinski definition) is 3. The molecule has 0 aliphatic rings. The number of carboxylic acids is 1. The summed E-state index contributed by atoms with van der Waals surface area (Å²) >= 11 is 0. The number of rotatable bonds is 5. The summed E-state index contributed by atoms with van der Waals surface area (Å²) in [6.45, 7) is 1.63. The van der Waals surface area contributed by atoms with E-state index in [4.69, 9.17) is 10.8 Å². The number of carbonyl (C=O) groups is 3. The molecule has 96 valence electrons. The lowest BCUT2D eigenvalue weighted by atomic mass is 10.1. The number of benzene rings is 1. The molecule has 6 nitrogen and oxygen atoms in total. The van der Waals surface area contributed by atoms with Gasteiger partial charge in [-0.15, -0.1) is 0 Å². The molecule has 0 saturated heterocycles. The summed E-state index contributed by atoms with van der Waals surface area (Å²) in [5.74, 6) is -2.04. The predicted octanol–water partition coefficient (Wildman–Crippen LogP) is 0.332. The van der Waals surface area contributed by atoms with Gasteiger partial charge >= 0.3 is 5.97 Å². The van der Waals surface area contributed by atoms with E-state index in [0.717, 1.165) is 0 Å². The number of hydrogen-bond donors (Lipinski definition) is 2. The molecular weight excluding hydrogens is 236 g/mol. The maximum atomic E-state index is 11.9. The van der Waals surface area contributed by atoms with E-state index in [-0.39, 0.29) is 6.54 Å². The molecule has 0 aliphatic carbocycles. The van der Waals surface area contributed by atoms with Crippen LogP contribution in [0.1, 0.15) is 27.6 Å². The normalized spacial score (nSPS) is 9.83. The summed E-state index contributed by atoms with van der Waals surface area (Å²) in [5, 5.41) is 8.67. The first-order valence-electron chi connectivity index (χ1n) is 5.36. The van der Waals surface area contributed by atoms with Crippen LogP contribution < -0.4 is 5.73 Å². The van der Waals surface area contributed by atoms with Crippen LogP contribution in [0.15, 0.2) is 24.3 Å². The van der Waals surface area contributed by atoms with Crippen molar-refractivity contribution in [2.75, 3.05) is 13.1 Å². The van der Waals surface area contributed by atoms with Crippen LogP contribution in [0, 0.1) is 0 Å². The standard InChI is InChI=1S/C12H14N2O4/c1-2-14(7-10(15)16)12(18)9-5-3-8(4-6-9)11(13)17/h3-6H,2,7H2,1H3,(H2,13,17)(H,15,16). The first kappa shape index (κ1) is 13.7. The van der Waals surface area contributed by atoms with Crippen molar-refractivity contribution in [3.63, 3.8) is 0 Å². The van der Waals surface area contributed by atoms with E-state index in [1.807, 2.05) is 0 Å². The highest BCUT2D eigenvalue weighted by atomic mass is 16.4. The summed E-state index contributed by atoms with van der Waals surface area (Å²) in [7, 11) is 0. The largest absolute Gasteiger partial charge is 0.480 e. The van der Waals surface area contributed by atoms with E-state index >= 15 is 0 Å². The third-order valence-electron chi connectivity index (χ3n) is 2.41. The molecule has 6 heteroatoms. The fourth-order valence-electron chi connectivity index (χ4n) is 1.45. The highest BCUT2D eigenvalue weighted by molar-refractivity contribution is 5.98. The lowest BCUT2D eigenvalue weighted by Crippen LogP contribution is -2.35. The van der Waals surface area contributed by atoms with Gasteiger partial charge in [-0.25, -0.2) is 0 Å². The average molecular weight is 250 g/mol. The summed E-state index contributed by atoms with van der Waals surface area (Å²) in [6.07, 6.45) is 0. The van der Waals surface area contributed by atoms with Gasteiger partial charge in [-0.1, -0.05) is 0 Å². The molecule has 1 rings (SSSR count). The quantitative estimate of drug-likeness (QED) is 0.786. The van der Waals surface area contributed by atoms with E-state index < -0.39 is 17.8 Å². The van der Waals surface area contributed by atoms with Crippen molar-refractivity contribution in [1.29, 1.82) is 0 Å². The van der Waals surface area contributed by atoms with Gasteiger partial charge in [0.1, 0.15) is 6.54 Å². The smallest absolute Gasteiger partial charge is 0.323 e. The fraction of sp³-hybridized carbons (Fsp3) is 0.250. The van der Waals surface area contributed by atoms with Gasteiger partial charge in [0.15, 0.2) is 0 Å². The lowest BCUT2D eigenvalue weighted by Gasteiger charge is -2.18. The van der Waals surface area contributed by atoms with Crippen molar-refractivity contribution >= 4 is 17.8 Å². The molecule has 0 aromatic heterocycles. The zero-order valence-electron chi connectivity index (χ0n) is 9.92. The topological polar surface area (TPSA) is 101 Å². The van der Waals surface area contributed by atoms with Crippen LogP contribution in [0.5, 0.6) is 0 Å². The van der Waals surface area contributed by atoms with E-state index in [1.54, 1.807) is 6.92 Å². The summed E-state index contributed by atoms with van der Waals surface area (Å²) in [4.78, 5) is 34.6. The van der Waals surface area contributed by atoms with Gasteiger partial charge in [0, 0.05) is 17.7 Å². The van der Waals surface area contributed by atoms with Crippen molar-refractivity contribution in [2.45, 2.75) is 6.92 Å². The number of nitrogens with zero attached hydrogens (tertiary/aromatic N) is 1. The Morgan fingerprint density at radius 2 is 1.67 bits per heavy atom. The van der Waals surface area contributed by atoms with Gasteiger partial charge in [0.2, 0.25) is 5.91 Å². The van der Waals surface area contributed by atoms with Gasteiger partial charge < -0.3 is 15.7 Å². The number of amides is 2. The SMILES string of the molecule is CCN(CC(=O)O)C(=O)c1ccc(C(N)=O)cc1. The average Bonchev–Trinajstić information content (AvgIpc) is 2.35. The van der Waals surface area contributed by atoms with Crippen molar-refractivity contribution < 1.29 is 19.5 Å². The van der Waals surface area contributed by atoms with Gasteiger partial charge in [0.05, 0.1) is 0 Å². The van der Waals surface area contributed by atoms with Crippen molar-refractivity contribution in [3.8, 4) is 0 Å². The third-order valence-corrected chi connectivity index (χ3v) is 2.41. The van der Waals surface area contributed by atoms with Crippen LogP contribution in [-0.4, -0.2) is 40.9 Å². The molecule has 0 saturated carbocycles. The van der Waals surface area contributed by atoms with E-state index in [2.05, 4.69) is 0 Å². The first-order chi connectivity index (χ1) is 8.45. The van der Waals surface area contributed by atoms with Crippen LogP contribution in [0.2, 0.25) is 0 Å². The number of primary amides is 1. The lowest BCUT2D eigenvalue weighted by molar-refractivity contribution is -0.137. The molecule has 2 amide bonds. The minimum absolute atomic E-state index is 0.294. The van der Waals surface area contributed by atoms with E-state index in [0.29, 0.717) is 17.7 Å². The van der Waals surface area contributed by atoms with Crippen LogP contribution >= 0.6 is 0 Å². The maximum absolute atomic E-state index is 11.9.